The third kappa shape index (κ3) is 2.08. The van der Waals surface area contributed by atoms with E-state index in [0.29, 0.717) is 17.7 Å². The van der Waals surface area contributed by atoms with Crippen LogP contribution >= 0.6 is 11.3 Å². The Balaban J connectivity index is 1.61. The van der Waals surface area contributed by atoms with Gasteiger partial charge in [0.25, 0.3) is 5.91 Å². The lowest BCUT2D eigenvalue weighted by Gasteiger charge is -2.06. The number of hydrogen-bond acceptors (Lipinski definition) is 5. The van der Waals surface area contributed by atoms with E-state index in [2.05, 4.69) is 15.5 Å². The maximum Gasteiger partial charge on any atom is 0.255 e. The molecular formula is C10H13N3O2S. The quantitative estimate of drug-likeness (QED) is 0.868. The third-order valence-electron chi connectivity index (χ3n) is 2.82. The third-order valence-corrected chi connectivity index (χ3v) is 3.82. The molecule has 1 aromatic heterocycles. The van der Waals surface area contributed by atoms with Crippen molar-refractivity contribution in [1.82, 2.24) is 10.2 Å². The van der Waals surface area contributed by atoms with Gasteiger partial charge in [0.1, 0.15) is 11.1 Å². The summed E-state index contributed by atoms with van der Waals surface area (Å²) in [5.41, 5.74) is 0. The molecule has 0 aromatic carbocycles. The molecule has 1 N–H and O–H groups in total. The van der Waals surface area contributed by atoms with Crippen LogP contribution in [0.3, 0.4) is 0 Å². The predicted octanol–water partition coefficient (Wildman–Crippen LogP) is 1.53. The highest BCUT2D eigenvalue weighted by Gasteiger charge is 2.29. The van der Waals surface area contributed by atoms with E-state index in [4.69, 9.17) is 4.74 Å². The average Bonchev–Trinajstić information content (AvgIpc) is 2.82. The molecule has 16 heavy (non-hydrogen) atoms. The number of nitrogens with zero attached hydrogens (tertiary/aromatic N) is 2. The number of anilines is 1. The van der Waals surface area contributed by atoms with Gasteiger partial charge in [0.15, 0.2) is 0 Å². The first-order valence-corrected chi connectivity index (χ1v) is 6.40. The zero-order valence-electron chi connectivity index (χ0n) is 8.81. The summed E-state index contributed by atoms with van der Waals surface area (Å²) in [4.78, 5) is 11.7. The van der Waals surface area contributed by atoms with E-state index in [0.717, 1.165) is 17.8 Å². The fourth-order valence-electron chi connectivity index (χ4n) is 1.75. The number of rotatable bonds is 3. The van der Waals surface area contributed by atoms with E-state index < -0.39 is 0 Å². The number of hydrogen-bond donors (Lipinski definition) is 1. The molecule has 1 aliphatic heterocycles. The van der Waals surface area contributed by atoms with Crippen molar-refractivity contribution >= 4 is 22.4 Å². The molecule has 1 aliphatic carbocycles. The lowest BCUT2D eigenvalue weighted by atomic mass is 10.2. The SMILES string of the molecule is O=C(Nc1nnc(C2CC2)s1)[C@@H]1CCCO1. The molecule has 1 amide bonds. The van der Waals surface area contributed by atoms with Gasteiger partial charge in [0.2, 0.25) is 5.13 Å². The molecule has 1 aromatic rings. The van der Waals surface area contributed by atoms with Crippen molar-refractivity contribution in [2.45, 2.75) is 37.7 Å². The summed E-state index contributed by atoms with van der Waals surface area (Å²) in [6.07, 6.45) is 3.87. The number of nitrogens with one attached hydrogen (secondary N) is 1. The summed E-state index contributed by atoms with van der Waals surface area (Å²) in [5.74, 6) is 0.502. The van der Waals surface area contributed by atoms with E-state index in [1.165, 1.54) is 24.2 Å². The number of ether oxygens (including phenoxy) is 1. The molecule has 1 saturated heterocycles. The minimum Gasteiger partial charge on any atom is -0.368 e. The molecule has 86 valence electrons. The van der Waals surface area contributed by atoms with Crippen molar-refractivity contribution in [3.8, 4) is 0 Å². The van der Waals surface area contributed by atoms with Crippen molar-refractivity contribution in [2.24, 2.45) is 0 Å². The average molecular weight is 239 g/mol. The number of aromatic nitrogens is 2. The molecule has 0 spiro atoms. The minimum absolute atomic E-state index is 0.0870. The van der Waals surface area contributed by atoms with Gasteiger partial charge in [-0.2, -0.15) is 0 Å². The fraction of sp³-hybridized carbons (Fsp3) is 0.700. The van der Waals surface area contributed by atoms with Crippen LogP contribution in [0.2, 0.25) is 0 Å². The van der Waals surface area contributed by atoms with Crippen molar-refractivity contribution in [1.29, 1.82) is 0 Å². The first kappa shape index (κ1) is 10.2. The Bertz CT molecular complexity index is 397. The van der Waals surface area contributed by atoms with Crippen LogP contribution in [-0.2, 0) is 9.53 Å². The summed E-state index contributed by atoms with van der Waals surface area (Å²) in [6, 6.07) is 0. The smallest absolute Gasteiger partial charge is 0.255 e. The van der Waals surface area contributed by atoms with Gasteiger partial charge in [-0.1, -0.05) is 11.3 Å². The summed E-state index contributed by atoms with van der Waals surface area (Å²) in [7, 11) is 0. The largest absolute Gasteiger partial charge is 0.368 e. The zero-order valence-corrected chi connectivity index (χ0v) is 9.63. The lowest BCUT2D eigenvalue weighted by Crippen LogP contribution is -2.26. The molecule has 0 unspecified atom stereocenters. The topological polar surface area (TPSA) is 64.1 Å². The second kappa shape index (κ2) is 4.10. The minimum atomic E-state index is -0.298. The van der Waals surface area contributed by atoms with Crippen LogP contribution in [0.25, 0.3) is 0 Å². The standard InChI is InChI=1S/C10H13N3O2S/c14-8(7-2-1-5-15-7)11-10-13-12-9(16-10)6-3-4-6/h6-7H,1-5H2,(H,11,13,14)/t7-/m0/s1. The zero-order chi connectivity index (χ0) is 11.0. The Morgan fingerprint density at radius 1 is 1.38 bits per heavy atom. The van der Waals surface area contributed by atoms with E-state index in [9.17, 15) is 4.79 Å². The molecule has 2 heterocycles. The number of carbonyl (C=O) groups is 1. The molecule has 2 aliphatic rings. The van der Waals surface area contributed by atoms with E-state index in [1.807, 2.05) is 0 Å². The normalized spacial score (nSPS) is 24.6. The predicted molar refractivity (Wildman–Crippen MR) is 59.5 cm³/mol. The van der Waals surface area contributed by atoms with E-state index in [1.54, 1.807) is 0 Å². The molecule has 0 bridgehead atoms. The molecular weight excluding hydrogens is 226 g/mol. The first-order valence-electron chi connectivity index (χ1n) is 5.59. The molecule has 0 radical (unpaired) electrons. The number of amides is 1. The molecule has 3 rings (SSSR count). The van der Waals surface area contributed by atoms with Gasteiger partial charge in [-0.3, -0.25) is 10.1 Å². The summed E-state index contributed by atoms with van der Waals surface area (Å²) < 4.78 is 5.30. The van der Waals surface area contributed by atoms with Crippen molar-refractivity contribution in [2.75, 3.05) is 11.9 Å². The Morgan fingerprint density at radius 3 is 2.94 bits per heavy atom. The molecule has 1 atom stereocenters. The molecule has 2 fully saturated rings. The second-order valence-electron chi connectivity index (χ2n) is 4.21. The maximum atomic E-state index is 11.7. The van der Waals surface area contributed by atoms with Gasteiger partial charge in [0, 0.05) is 12.5 Å². The lowest BCUT2D eigenvalue weighted by molar-refractivity contribution is -0.124. The van der Waals surface area contributed by atoms with Gasteiger partial charge in [0.05, 0.1) is 0 Å². The molecule has 1 saturated carbocycles. The van der Waals surface area contributed by atoms with Crippen LogP contribution in [0.15, 0.2) is 0 Å². The van der Waals surface area contributed by atoms with Gasteiger partial charge in [-0.15, -0.1) is 10.2 Å². The van der Waals surface area contributed by atoms with Crippen LogP contribution in [0, 0.1) is 0 Å². The Labute approximate surface area is 97.2 Å². The van der Waals surface area contributed by atoms with Crippen LogP contribution in [0.4, 0.5) is 5.13 Å². The van der Waals surface area contributed by atoms with Crippen LogP contribution < -0.4 is 5.32 Å². The van der Waals surface area contributed by atoms with Crippen LogP contribution in [-0.4, -0.2) is 28.8 Å². The van der Waals surface area contributed by atoms with Crippen LogP contribution in [0.5, 0.6) is 0 Å². The van der Waals surface area contributed by atoms with Gasteiger partial charge < -0.3 is 4.74 Å². The molecule has 5 nitrogen and oxygen atoms in total. The highest BCUT2D eigenvalue weighted by atomic mass is 32.1. The van der Waals surface area contributed by atoms with Crippen molar-refractivity contribution < 1.29 is 9.53 Å². The van der Waals surface area contributed by atoms with Gasteiger partial charge in [-0.25, -0.2) is 0 Å². The highest BCUT2D eigenvalue weighted by molar-refractivity contribution is 7.15. The maximum absolute atomic E-state index is 11.7. The van der Waals surface area contributed by atoms with E-state index in [-0.39, 0.29) is 12.0 Å². The summed E-state index contributed by atoms with van der Waals surface area (Å²) in [6.45, 7) is 0.682. The summed E-state index contributed by atoms with van der Waals surface area (Å²) in [5, 5.41) is 12.5. The van der Waals surface area contributed by atoms with Gasteiger partial charge in [-0.05, 0) is 25.7 Å². The fourth-order valence-corrected chi connectivity index (χ4v) is 2.67. The number of carbonyl (C=O) groups excluding carboxylic acids is 1. The monoisotopic (exact) mass is 239 g/mol. The Kier molecular flexibility index (Phi) is 2.61. The van der Waals surface area contributed by atoms with Gasteiger partial charge >= 0.3 is 0 Å². The summed E-state index contributed by atoms with van der Waals surface area (Å²) >= 11 is 1.48. The van der Waals surface area contributed by atoms with Crippen molar-refractivity contribution in [3.05, 3.63) is 5.01 Å². The first-order chi connectivity index (χ1) is 7.83. The Morgan fingerprint density at radius 2 is 2.25 bits per heavy atom. The van der Waals surface area contributed by atoms with Crippen LogP contribution in [0.1, 0.15) is 36.6 Å². The molecule has 6 heteroatoms. The highest BCUT2D eigenvalue weighted by Crippen LogP contribution is 2.42. The second-order valence-corrected chi connectivity index (χ2v) is 5.22. The van der Waals surface area contributed by atoms with E-state index >= 15 is 0 Å². The Hall–Kier alpha value is -1.01. The van der Waals surface area contributed by atoms with Crippen molar-refractivity contribution in [3.63, 3.8) is 0 Å².